The third-order valence-corrected chi connectivity index (χ3v) is 5.07. The normalized spacial score (nSPS) is 12.8. The molecule has 0 fully saturated rings. The van der Waals surface area contributed by atoms with Crippen LogP contribution in [0.1, 0.15) is 30.7 Å². The van der Waals surface area contributed by atoms with Gasteiger partial charge in [-0.1, -0.05) is 31.2 Å². The molecule has 2 aromatic carbocycles. The van der Waals surface area contributed by atoms with Crippen molar-refractivity contribution in [1.82, 2.24) is 20.2 Å². The predicted octanol–water partition coefficient (Wildman–Crippen LogP) is 3.44. The number of hydrogen-bond acceptors (Lipinski definition) is 3. The smallest absolute Gasteiger partial charge is 0.191 e. The zero-order chi connectivity index (χ0) is 19.9. The molecule has 0 saturated heterocycles. The Balaban J connectivity index is 1.49. The van der Waals surface area contributed by atoms with Crippen LogP contribution in [0.4, 0.5) is 0 Å². The molecule has 1 atom stereocenters. The number of benzene rings is 2. The fourth-order valence-corrected chi connectivity index (χ4v) is 3.24. The number of aromatic nitrogens is 2. The second-order valence-electron chi connectivity index (χ2n) is 6.89. The quantitative estimate of drug-likeness (QED) is 0.488. The molecule has 1 aromatic heterocycles. The van der Waals surface area contributed by atoms with Gasteiger partial charge in [-0.2, -0.15) is 0 Å². The zero-order valence-corrected chi connectivity index (χ0v) is 17.1. The molecule has 148 valence electrons. The molecule has 1 unspecified atom stereocenters. The van der Waals surface area contributed by atoms with Crippen LogP contribution in [-0.4, -0.2) is 36.2 Å². The summed E-state index contributed by atoms with van der Waals surface area (Å²) in [5.41, 5.74) is 3.46. The fraction of sp³-hybridized carbons (Fsp3) is 0.364. The summed E-state index contributed by atoms with van der Waals surface area (Å²) >= 11 is 0. The lowest BCUT2D eigenvalue weighted by molar-refractivity contribution is 0.414. The molecule has 6 heteroatoms. The largest absolute Gasteiger partial charge is 0.497 e. The maximum absolute atomic E-state index is 5.22. The first-order chi connectivity index (χ1) is 13.6. The number of aliphatic imine (C=N–C) groups is 1. The number of para-hydroxylation sites is 2. The lowest BCUT2D eigenvalue weighted by atomic mass is 9.98. The monoisotopic (exact) mass is 379 g/mol. The number of methoxy groups -OCH3 is 1. The van der Waals surface area contributed by atoms with Gasteiger partial charge in [0, 0.05) is 20.6 Å². The number of hydrogen-bond donors (Lipinski definition) is 2. The van der Waals surface area contributed by atoms with Gasteiger partial charge in [0.25, 0.3) is 0 Å². The van der Waals surface area contributed by atoms with E-state index in [1.807, 2.05) is 37.4 Å². The van der Waals surface area contributed by atoms with Crippen molar-refractivity contribution in [3.05, 3.63) is 59.9 Å². The third-order valence-electron chi connectivity index (χ3n) is 5.07. The van der Waals surface area contributed by atoms with Crippen LogP contribution in [0.15, 0.2) is 53.5 Å². The highest BCUT2D eigenvalue weighted by Crippen LogP contribution is 2.21. The first-order valence-electron chi connectivity index (χ1n) is 9.61. The standard InChI is InChI=1S/C22H29N5O/c1-16(17-9-11-18(28-4)12-10-17)13-14-24-22(23-2)25-15-21-26-19-7-5-6-8-20(19)27(21)3/h5-12,16H,13-15H2,1-4H3,(H2,23,24,25). The molecule has 3 rings (SSSR count). The lowest BCUT2D eigenvalue weighted by Crippen LogP contribution is -2.38. The Morgan fingerprint density at radius 2 is 1.89 bits per heavy atom. The second kappa shape index (κ2) is 9.26. The van der Waals surface area contributed by atoms with Gasteiger partial charge < -0.3 is 19.9 Å². The Labute approximate surface area is 166 Å². The average Bonchev–Trinajstić information content (AvgIpc) is 3.06. The zero-order valence-electron chi connectivity index (χ0n) is 17.1. The summed E-state index contributed by atoms with van der Waals surface area (Å²) in [4.78, 5) is 9.01. The molecule has 0 aliphatic carbocycles. The van der Waals surface area contributed by atoms with Gasteiger partial charge in [-0.3, -0.25) is 4.99 Å². The van der Waals surface area contributed by atoms with Crippen LogP contribution in [0, 0.1) is 0 Å². The van der Waals surface area contributed by atoms with Gasteiger partial charge in [0.05, 0.1) is 24.7 Å². The van der Waals surface area contributed by atoms with E-state index in [2.05, 4.69) is 50.3 Å². The minimum Gasteiger partial charge on any atom is -0.497 e. The maximum atomic E-state index is 5.22. The highest BCUT2D eigenvalue weighted by Gasteiger charge is 2.09. The van der Waals surface area contributed by atoms with E-state index in [0.29, 0.717) is 12.5 Å². The van der Waals surface area contributed by atoms with Crippen molar-refractivity contribution >= 4 is 17.0 Å². The number of guanidine groups is 1. The number of ether oxygens (including phenoxy) is 1. The van der Waals surface area contributed by atoms with E-state index in [4.69, 9.17) is 4.74 Å². The van der Waals surface area contributed by atoms with Crippen molar-refractivity contribution < 1.29 is 4.74 Å². The summed E-state index contributed by atoms with van der Waals surface area (Å²) in [5, 5.41) is 6.75. The Morgan fingerprint density at radius 1 is 1.14 bits per heavy atom. The molecule has 2 N–H and O–H groups in total. The Morgan fingerprint density at radius 3 is 2.57 bits per heavy atom. The molecule has 0 aliphatic heterocycles. The van der Waals surface area contributed by atoms with Crippen LogP contribution in [0.3, 0.4) is 0 Å². The van der Waals surface area contributed by atoms with E-state index in [1.54, 1.807) is 14.2 Å². The van der Waals surface area contributed by atoms with Crippen LogP contribution >= 0.6 is 0 Å². The molecular formula is C22H29N5O. The summed E-state index contributed by atoms with van der Waals surface area (Å²) in [6.45, 7) is 3.70. The highest BCUT2D eigenvalue weighted by atomic mass is 16.5. The molecule has 0 spiro atoms. The Hall–Kier alpha value is -3.02. The molecule has 3 aromatic rings. The van der Waals surface area contributed by atoms with Gasteiger partial charge in [-0.15, -0.1) is 0 Å². The Kier molecular flexibility index (Phi) is 6.53. The maximum Gasteiger partial charge on any atom is 0.191 e. The van der Waals surface area contributed by atoms with E-state index >= 15 is 0 Å². The minimum absolute atomic E-state index is 0.455. The van der Waals surface area contributed by atoms with Crippen molar-refractivity contribution in [2.75, 3.05) is 20.7 Å². The van der Waals surface area contributed by atoms with Gasteiger partial charge in [0.2, 0.25) is 0 Å². The fourth-order valence-electron chi connectivity index (χ4n) is 3.24. The van der Waals surface area contributed by atoms with Gasteiger partial charge in [0.15, 0.2) is 5.96 Å². The summed E-state index contributed by atoms with van der Waals surface area (Å²) in [6.07, 6.45) is 1.01. The van der Waals surface area contributed by atoms with Crippen LogP contribution in [-0.2, 0) is 13.6 Å². The first kappa shape index (κ1) is 19.7. The number of nitrogens with zero attached hydrogens (tertiary/aromatic N) is 3. The molecule has 0 aliphatic rings. The minimum atomic E-state index is 0.455. The van der Waals surface area contributed by atoms with Gasteiger partial charge in [-0.05, 0) is 42.2 Å². The summed E-state index contributed by atoms with van der Waals surface area (Å²) in [5.74, 6) is 3.11. The topological polar surface area (TPSA) is 63.5 Å². The SMILES string of the molecule is CN=C(NCCC(C)c1ccc(OC)cc1)NCc1nc2ccccc2n1C. The molecule has 0 amide bonds. The number of aryl methyl sites for hydroxylation is 1. The van der Waals surface area contributed by atoms with Crippen LogP contribution < -0.4 is 15.4 Å². The highest BCUT2D eigenvalue weighted by molar-refractivity contribution is 5.80. The Bertz CT molecular complexity index is 930. The van der Waals surface area contributed by atoms with Crippen molar-refractivity contribution in [2.24, 2.45) is 12.0 Å². The number of fused-ring (bicyclic) bond motifs is 1. The average molecular weight is 380 g/mol. The van der Waals surface area contributed by atoms with Gasteiger partial charge in [0.1, 0.15) is 11.6 Å². The number of rotatable bonds is 7. The molecule has 0 radical (unpaired) electrons. The van der Waals surface area contributed by atoms with Crippen molar-refractivity contribution in [1.29, 1.82) is 0 Å². The van der Waals surface area contributed by atoms with E-state index in [1.165, 1.54) is 5.56 Å². The van der Waals surface area contributed by atoms with Crippen LogP contribution in [0.2, 0.25) is 0 Å². The molecule has 6 nitrogen and oxygen atoms in total. The molecule has 28 heavy (non-hydrogen) atoms. The van der Waals surface area contributed by atoms with E-state index in [9.17, 15) is 0 Å². The predicted molar refractivity (Wildman–Crippen MR) is 115 cm³/mol. The van der Waals surface area contributed by atoms with Crippen LogP contribution in [0.25, 0.3) is 11.0 Å². The second-order valence-corrected chi connectivity index (χ2v) is 6.89. The van der Waals surface area contributed by atoms with Crippen LogP contribution in [0.5, 0.6) is 5.75 Å². The first-order valence-corrected chi connectivity index (χ1v) is 9.61. The van der Waals surface area contributed by atoms with Gasteiger partial charge >= 0.3 is 0 Å². The van der Waals surface area contributed by atoms with E-state index in [0.717, 1.165) is 41.5 Å². The summed E-state index contributed by atoms with van der Waals surface area (Å²) < 4.78 is 7.34. The van der Waals surface area contributed by atoms with Crippen molar-refractivity contribution in [3.63, 3.8) is 0 Å². The number of nitrogens with one attached hydrogen (secondary N) is 2. The molecule has 0 bridgehead atoms. The molecule has 1 heterocycles. The number of imidazole rings is 1. The van der Waals surface area contributed by atoms with Gasteiger partial charge in [-0.25, -0.2) is 4.98 Å². The molecule has 0 saturated carbocycles. The van der Waals surface area contributed by atoms with Crippen molar-refractivity contribution in [2.45, 2.75) is 25.8 Å². The summed E-state index contributed by atoms with van der Waals surface area (Å²) in [7, 11) is 5.52. The third kappa shape index (κ3) is 4.63. The lowest BCUT2D eigenvalue weighted by Gasteiger charge is -2.15. The molecular weight excluding hydrogens is 350 g/mol. The van der Waals surface area contributed by atoms with E-state index in [-0.39, 0.29) is 0 Å². The van der Waals surface area contributed by atoms with E-state index < -0.39 is 0 Å². The summed E-state index contributed by atoms with van der Waals surface area (Å²) in [6, 6.07) is 16.4. The van der Waals surface area contributed by atoms with Crippen molar-refractivity contribution in [3.8, 4) is 5.75 Å².